The highest BCUT2D eigenvalue weighted by atomic mass is 16.4. The molecule has 0 amide bonds. The number of carboxylic acids is 2. The van der Waals surface area contributed by atoms with Crippen LogP contribution in [0.1, 0.15) is 18.9 Å². The van der Waals surface area contributed by atoms with Gasteiger partial charge in [-0.15, -0.1) is 0 Å². The van der Waals surface area contributed by atoms with Crippen molar-refractivity contribution < 1.29 is 30.0 Å². The summed E-state index contributed by atoms with van der Waals surface area (Å²) in [7, 11) is 0. The topological polar surface area (TPSA) is 139 Å². The summed E-state index contributed by atoms with van der Waals surface area (Å²) in [6, 6.07) is 1.68. The number of hydrogen-bond acceptors (Lipinski definition) is 6. The number of aliphatic carboxylic acids is 2. The predicted molar refractivity (Wildman–Crippen MR) is 91.1 cm³/mol. The van der Waals surface area contributed by atoms with E-state index in [9.17, 15) is 19.8 Å². The molecular formula is C17H18N2O6. The Bertz CT molecular complexity index is 795. The van der Waals surface area contributed by atoms with Gasteiger partial charge in [0, 0.05) is 24.4 Å². The molecule has 1 atom stereocenters. The number of nitrogens with zero attached hydrogens (tertiary/aromatic N) is 1. The van der Waals surface area contributed by atoms with Gasteiger partial charge >= 0.3 is 11.9 Å². The zero-order valence-electron chi connectivity index (χ0n) is 13.4. The number of aliphatic imine (C=N–C) groups is 1. The zero-order chi connectivity index (χ0) is 18.6. The average molecular weight is 346 g/mol. The van der Waals surface area contributed by atoms with Crippen molar-refractivity contribution in [1.82, 2.24) is 0 Å². The fourth-order valence-electron chi connectivity index (χ4n) is 2.37. The van der Waals surface area contributed by atoms with Crippen LogP contribution >= 0.6 is 0 Å². The van der Waals surface area contributed by atoms with E-state index in [1.54, 1.807) is 6.08 Å². The van der Waals surface area contributed by atoms with Crippen LogP contribution in [-0.4, -0.2) is 44.1 Å². The van der Waals surface area contributed by atoms with E-state index in [4.69, 9.17) is 10.2 Å². The smallest absolute Gasteiger partial charge is 0.354 e. The first kappa shape index (κ1) is 18.1. The summed E-state index contributed by atoms with van der Waals surface area (Å²) in [5.41, 5.74) is 1.53. The number of dihydropyridines is 1. The van der Waals surface area contributed by atoms with Gasteiger partial charge in [-0.1, -0.05) is 6.92 Å². The Morgan fingerprint density at radius 3 is 2.56 bits per heavy atom. The minimum Gasteiger partial charge on any atom is -0.504 e. The summed E-state index contributed by atoms with van der Waals surface area (Å²) in [6.07, 6.45) is 5.07. The SMILES string of the molecule is CCc1cc(O)c(O)cc1NC=CC1=CC(C(=O)O)=NC(C(=O)O)C1. The highest BCUT2D eigenvalue weighted by molar-refractivity contribution is 6.41. The molecule has 1 aliphatic rings. The highest BCUT2D eigenvalue weighted by Gasteiger charge is 2.24. The molecule has 0 fully saturated rings. The van der Waals surface area contributed by atoms with Crippen LogP contribution in [0.5, 0.6) is 11.5 Å². The van der Waals surface area contributed by atoms with Crippen molar-refractivity contribution in [2.45, 2.75) is 25.8 Å². The van der Waals surface area contributed by atoms with Crippen LogP contribution in [-0.2, 0) is 16.0 Å². The summed E-state index contributed by atoms with van der Waals surface area (Å²) in [5.74, 6) is -2.96. The predicted octanol–water partition coefficient (Wildman–Crippen LogP) is 1.89. The molecule has 0 bridgehead atoms. The fourth-order valence-corrected chi connectivity index (χ4v) is 2.37. The van der Waals surface area contributed by atoms with Crippen LogP contribution in [0.3, 0.4) is 0 Å². The molecule has 1 aromatic rings. The average Bonchev–Trinajstić information content (AvgIpc) is 2.57. The largest absolute Gasteiger partial charge is 0.504 e. The molecule has 8 nitrogen and oxygen atoms in total. The number of carboxylic acid groups (broad SMARTS) is 2. The molecular weight excluding hydrogens is 328 g/mol. The van der Waals surface area contributed by atoms with Gasteiger partial charge in [0.2, 0.25) is 0 Å². The number of allylic oxidation sites excluding steroid dienone is 1. The molecule has 2 rings (SSSR count). The summed E-state index contributed by atoms with van der Waals surface area (Å²) < 4.78 is 0. The molecule has 0 aliphatic carbocycles. The van der Waals surface area contributed by atoms with Gasteiger partial charge in [0.05, 0.1) is 0 Å². The number of nitrogens with one attached hydrogen (secondary N) is 1. The van der Waals surface area contributed by atoms with E-state index in [2.05, 4.69) is 10.3 Å². The van der Waals surface area contributed by atoms with Gasteiger partial charge in [0.25, 0.3) is 0 Å². The third-order valence-corrected chi connectivity index (χ3v) is 3.67. The summed E-state index contributed by atoms with van der Waals surface area (Å²) in [6.45, 7) is 1.89. The van der Waals surface area contributed by atoms with Crippen molar-refractivity contribution in [3.8, 4) is 11.5 Å². The van der Waals surface area contributed by atoms with Crippen LogP contribution in [0.25, 0.3) is 0 Å². The fraction of sp³-hybridized carbons (Fsp3) is 0.235. The van der Waals surface area contributed by atoms with Gasteiger partial charge < -0.3 is 25.7 Å². The number of phenols is 2. The molecule has 1 aliphatic heterocycles. The van der Waals surface area contributed by atoms with Crippen molar-refractivity contribution in [3.63, 3.8) is 0 Å². The normalized spacial score (nSPS) is 17.1. The van der Waals surface area contributed by atoms with Gasteiger partial charge in [-0.2, -0.15) is 0 Å². The van der Waals surface area contributed by atoms with Crippen LogP contribution < -0.4 is 5.32 Å². The second-order valence-electron chi connectivity index (χ2n) is 5.43. The Morgan fingerprint density at radius 2 is 1.96 bits per heavy atom. The Labute approximate surface area is 143 Å². The molecule has 0 saturated carbocycles. The Morgan fingerprint density at radius 1 is 1.28 bits per heavy atom. The lowest BCUT2D eigenvalue weighted by Crippen LogP contribution is -2.26. The van der Waals surface area contributed by atoms with Crippen molar-refractivity contribution in [2.75, 3.05) is 5.32 Å². The summed E-state index contributed by atoms with van der Waals surface area (Å²) >= 11 is 0. The van der Waals surface area contributed by atoms with Crippen LogP contribution in [0.15, 0.2) is 41.1 Å². The van der Waals surface area contributed by atoms with E-state index in [1.807, 2.05) is 6.92 Å². The van der Waals surface area contributed by atoms with E-state index in [-0.39, 0.29) is 23.6 Å². The monoisotopic (exact) mass is 346 g/mol. The molecule has 0 spiro atoms. The molecule has 8 heteroatoms. The van der Waals surface area contributed by atoms with Crippen molar-refractivity contribution >= 4 is 23.3 Å². The number of benzene rings is 1. The van der Waals surface area contributed by atoms with E-state index in [1.165, 1.54) is 24.4 Å². The Kier molecular flexibility index (Phi) is 5.43. The standard InChI is InChI=1S/C17H18N2O6/c1-2-10-7-14(20)15(21)8-11(10)18-4-3-9-5-12(16(22)23)19-13(6-9)17(24)25/h3-5,7-8,13,18,20-21H,2,6H2,1H3,(H,22,23)(H,24,25). The van der Waals surface area contributed by atoms with Crippen molar-refractivity contribution in [2.24, 2.45) is 4.99 Å². The number of phenolic OH excluding ortho intramolecular Hbond substituents is 2. The van der Waals surface area contributed by atoms with Crippen LogP contribution in [0.4, 0.5) is 5.69 Å². The van der Waals surface area contributed by atoms with Gasteiger partial charge in [0.1, 0.15) is 5.71 Å². The number of aryl methyl sites for hydroxylation is 1. The minimum atomic E-state index is -1.29. The Hall–Kier alpha value is -3.29. The van der Waals surface area contributed by atoms with E-state index < -0.39 is 18.0 Å². The molecule has 132 valence electrons. The first-order chi connectivity index (χ1) is 11.8. The van der Waals surface area contributed by atoms with Crippen LogP contribution in [0, 0.1) is 0 Å². The molecule has 0 saturated heterocycles. The molecule has 25 heavy (non-hydrogen) atoms. The molecule has 0 aromatic heterocycles. The third-order valence-electron chi connectivity index (χ3n) is 3.67. The zero-order valence-corrected chi connectivity index (χ0v) is 13.4. The maximum Gasteiger partial charge on any atom is 0.354 e. The second-order valence-corrected chi connectivity index (χ2v) is 5.43. The van der Waals surface area contributed by atoms with Crippen molar-refractivity contribution in [3.05, 3.63) is 41.6 Å². The first-order valence-corrected chi connectivity index (χ1v) is 7.54. The molecule has 1 aromatic carbocycles. The maximum absolute atomic E-state index is 11.1. The van der Waals surface area contributed by atoms with Gasteiger partial charge in [-0.25, -0.2) is 9.59 Å². The summed E-state index contributed by atoms with van der Waals surface area (Å²) in [5, 5.41) is 40.1. The van der Waals surface area contributed by atoms with Gasteiger partial charge in [0.15, 0.2) is 17.5 Å². The second kappa shape index (κ2) is 7.52. The van der Waals surface area contributed by atoms with E-state index >= 15 is 0 Å². The minimum absolute atomic E-state index is 0.0752. The number of rotatable bonds is 6. The molecule has 1 unspecified atom stereocenters. The quantitative estimate of drug-likeness (QED) is 0.391. The summed E-state index contributed by atoms with van der Waals surface area (Å²) in [4.78, 5) is 25.8. The molecule has 1 heterocycles. The van der Waals surface area contributed by atoms with Gasteiger partial charge in [-0.05, 0) is 35.8 Å². The van der Waals surface area contributed by atoms with Crippen LogP contribution in [0.2, 0.25) is 0 Å². The maximum atomic E-state index is 11.1. The van der Waals surface area contributed by atoms with E-state index in [0.29, 0.717) is 17.7 Å². The lowest BCUT2D eigenvalue weighted by Gasteiger charge is -2.15. The number of aromatic hydroxyl groups is 2. The number of anilines is 1. The third kappa shape index (κ3) is 4.37. The van der Waals surface area contributed by atoms with Crippen molar-refractivity contribution in [1.29, 1.82) is 0 Å². The Balaban J connectivity index is 2.19. The van der Waals surface area contributed by atoms with Gasteiger partial charge in [-0.3, -0.25) is 4.99 Å². The molecule has 5 N–H and O–H groups in total. The first-order valence-electron chi connectivity index (χ1n) is 7.54. The number of carbonyl (C=O) groups is 2. The molecule has 0 radical (unpaired) electrons. The highest BCUT2D eigenvalue weighted by Crippen LogP contribution is 2.31. The lowest BCUT2D eigenvalue weighted by molar-refractivity contribution is -0.138. The number of hydrogen-bond donors (Lipinski definition) is 5. The lowest BCUT2D eigenvalue weighted by atomic mass is 10.0. The van der Waals surface area contributed by atoms with E-state index in [0.717, 1.165) is 5.56 Å².